The van der Waals surface area contributed by atoms with Crippen molar-refractivity contribution in [2.24, 2.45) is 0 Å². The fourth-order valence-corrected chi connectivity index (χ4v) is 3.09. The monoisotopic (exact) mass is 289 g/mol. The Bertz CT molecular complexity index is 982. The highest BCUT2D eigenvalue weighted by Gasteiger charge is 2.14. The number of hydrogen-bond acceptors (Lipinski definition) is 2. The third-order valence-corrected chi connectivity index (χ3v) is 4.24. The van der Waals surface area contributed by atoms with Crippen LogP contribution in [0.1, 0.15) is 25.3 Å². The fraction of sp³-hybridized carbons (Fsp3) is 0.263. The molecule has 2 aromatic heterocycles. The molecule has 0 aliphatic heterocycles. The van der Waals surface area contributed by atoms with Crippen LogP contribution in [0.25, 0.3) is 33.1 Å². The Morgan fingerprint density at radius 2 is 1.77 bits per heavy atom. The van der Waals surface area contributed by atoms with Crippen LogP contribution in [0, 0.1) is 6.92 Å². The van der Waals surface area contributed by atoms with Crippen LogP contribution in [0.15, 0.2) is 42.5 Å². The normalized spacial score (nSPS) is 11.7. The second-order valence-corrected chi connectivity index (χ2v) is 5.91. The van der Waals surface area contributed by atoms with Crippen molar-refractivity contribution in [3.8, 4) is 0 Å². The second-order valence-electron chi connectivity index (χ2n) is 5.91. The molecule has 0 spiro atoms. The average molecular weight is 289 g/mol. The molecule has 0 fully saturated rings. The quantitative estimate of drug-likeness (QED) is 0.540. The first-order valence-corrected chi connectivity index (χ1v) is 7.93. The van der Waals surface area contributed by atoms with Crippen molar-refractivity contribution < 1.29 is 0 Å². The van der Waals surface area contributed by atoms with Gasteiger partial charge in [-0.05, 0) is 37.6 Å². The minimum absolute atomic E-state index is 0.964. The van der Waals surface area contributed by atoms with E-state index in [2.05, 4.69) is 36.6 Å². The van der Waals surface area contributed by atoms with E-state index >= 15 is 0 Å². The van der Waals surface area contributed by atoms with Gasteiger partial charge in [0.2, 0.25) is 0 Å². The molecule has 0 N–H and O–H groups in total. The van der Waals surface area contributed by atoms with Crippen molar-refractivity contribution in [3.05, 3.63) is 48.0 Å². The van der Waals surface area contributed by atoms with Gasteiger partial charge in [0.1, 0.15) is 5.52 Å². The maximum Gasteiger partial charge on any atom is 0.160 e. The van der Waals surface area contributed by atoms with Gasteiger partial charge < -0.3 is 4.57 Å². The highest BCUT2D eigenvalue weighted by molar-refractivity contribution is 6.06. The lowest BCUT2D eigenvalue weighted by Gasteiger charge is -2.05. The van der Waals surface area contributed by atoms with E-state index in [-0.39, 0.29) is 0 Å². The molecule has 110 valence electrons. The molecule has 4 aromatic rings. The Kier molecular flexibility index (Phi) is 3.07. The summed E-state index contributed by atoms with van der Waals surface area (Å²) in [6.07, 6.45) is 2.33. The van der Waals surface area contributed by atoms with Crippen molar-refractivity contribution in [1.29, 1.82) is 0 Å². The number of benzene rings is 2. The lowest BCUT2D eigenvalue weighted by Crippen LogP contribution is -1.99. The summed E-state index contributed by atoms with van der Waals surface area (Å²) in [5.41, 5.74) is 6.46. The van der Waals surface area contributed by atoms with E-state index in [0.29, 0.717) is 0 Å². The standard InChI is InChI=1S/C19H19N3/c1-3-4-11-22-17-10-9-13(2)12-14(17)18-19(22)21-16-8-6-5-7-15(16)20-18/h5-10,12H,3-4,11H2,1-2H3. The van der Waals surface area contributed by atoms with E-state index in [4.69, 9.17) is 9.97 Å². The molecule has 0 radical (unpaired) electrons. The number of nitrogens with zero attached hydrogens (tertiary/aromatic N) is 3. The van der Waals surface area contributed by atoms with Crippen LogP contribution in [0.5, 0.6) is 0 Å². The van der Waals surface area contributed by atoms with E-state index in [9.17, 15) is 0 Å². The molecule has 0 aliphatic rings. The van der Waals surface area contributed by atoms with Gasteiger partial charge in [0.05, 0.1) is 16.6 Å². The third kappa shape index (κ3) is 1.97. The van der Waals surface area contributed by atoms with E-state index in [1.165, 1.54) is 22.9 Å². The predicted molar refractivity (Wildman–Crippen MR) is 92.2 cm³/mol. The molecule has 0 bridgehead atoms. The van der Waals surface area contributed by atoms with Gasteiger partial charge in [-0.25, -0.2) is 9.97 Å². The number of aromatic nitrogens is 3. The van der Waals surface area contributed by atoms with E-state index < -0.39 is 0 Å². The summed E-state index contributed by atoms with van der Waals surface area (Å²) >= 11 is 0. The summed E-state index contributed by atoms with van der Waals surface area (Å²) in [5.74, 6) is 0. The fourth-order valence-electron chi connectivity index (χ4n) is 3.09. The van der Waals surface area contributed by atoms with Crippen LogP contribution in [0.3, 0.4) is 0 Å². The molecule has 0 unspecified atom stereocenters. The molecule has 2 aromatic carbocycles. The van der Waals surface area contributed by atoms with Crippen LogP contribution in [0.4, 0.5) is 0 Å². The molecule has 2 heterocycles. The van der Waals surface area contributed by atoms with E-state index in [1.54, 1.807) is 0 Å². The first kappa shape index (κ1) is 13.3. The number of fused-ring (bicyclic) bond motifs is 4. The third-order valence-electron chi connectivity index (χ3n) is 4.24. The molecule has 0 amide bonds. The minimum Gasteiger partial charge on any atom is -0.324 e. The predicted octanol–water partition coefficient (Wildman–Crippen LogP) is 4.85. The number of para-hydroxylation sites is 2. The highest BCUT2D eigenvalue weighted by atomic mass is 15.1. The van der Waals surface area contributed by atoms with Crippen molar-refractivity contribution in [2.75, 3.05) is 0 Å². The summed E-state index contributed by atoms with van der Waals surface area (Å²) in [4.78, 5) is 9.79. The number of hydrogen-bond donors (Lipinski definition) is 0. The van der Waals surface area contributed by atoms with Crippen molar-refractivity contribution >= 4 is 33.1 Å². The van der Waals surface area contributed by atoms with Gasteiger partial charge in [-0.3, -0.25) is 0 Å². The molecular weight excluding hydrogens is 270 g/mol. The Hall–Kier alpha value is -2.42. The van der Waals surface area contributed by atoms with Crippen LogP contribution < -0.4 is 0 Å². The van der Waals surface area contributed by atoms with E-state index in [0.717, 1.165) is 35.2 Å². The largest absolute Gasteiger partial charge is 0.324 e. The first-order chi connectivity index (χ1) is 10.8. The zero-order valence-electron chi connectivity index (χ0n) is 13.0. The summed E-state index contributed by atoms with van der Waals surface area (Å²) in [7, 11) is 0. The summed E-state index contributed by atoms with van der Waals surface area (Å²) in [6, 6.07) is 14.7. The topological polar surface area (TPSA) is 30.7 Å². The molecule has 0 aliphatic carbocycles. The highest BCUT2D eigenvalue weighted by Crippen LogP contribution is 2.29. The van der Waals surface area contributed by atoms with Crippen LogP contribution >= 0.6 is 0 Å². The number of unbranched alkanes of at least 4 members (excludes halogenated alkanes) is 1. The van der Waals surface area contributed by atoms with Gasteiger partial charge in [-0.15, -0.1) is 0 Å². The Morgan fingerprint density at radius 1 is 1.00 bits per heavy atom. The van der Waals surface area contributed by atoms with Crippen molar-refractivity contribution in [2.45, 2.75) is 33.2 Å². The molecular formula is C19H19N3. The SMILES string of the molecule is CCCCn1c2ccc(C)cc2c2nc3ccccc3nc21. The van der Waals surface area contributed by atoms with E-state index in [1.807, 2.05) is 24.3 Å². The zero-order chi connectivity index (χ0) is 15.1. The lowest BCUT2D eigenvalue weighted by molar-refractivity contribution is 0.661. The maximum absolute atomic E-state index is 4.90. The van der Waals surface area contributed by atoms with Gasteiger partial charge >= 0.3 is 0 Å². The Balaban J connectivity index is 2.13. The van der Waals surface area contributed by atoms with Gasteiger partial charge in [0, 0.05) is 11.9 Å². The lowest BCUT2D eigenvalue weighted by atomic mass is 10.1. The van der Waals surface area contributed by atoms with Crippen molar-refractivity contribution in [1.82, 2.24) is 14.5 Å². The van der Waals surface area contributed by atoms with Crippen molar-refractivity contribution in [3.63, 3.8) is 0 Å². The summed E-state index contributed by atoms with van der Waals surface area (Å²) in [5, 5.41) is 1.21. The molecule has 22 heavy (non-hydrogen) atoms. The first-order valence-electron chi connectivity index (χ1n) is 7.93. The van der Waals surface area contributed by atoms with Crippen LogP contribution in [-0.4, -0.2) is 14.5 Å². The Labute approximate surface area is 129 Å². The Morgan fingerprint density at radius 3 is 2.55 bits per heavy atom. The van der Waals surface area contributed by atoms with Gasteiger partial charge in [0.25, 0.3) is 0 Å². The molecule has 0 saturated carbocycles. The summed E-state index contributed by atoms with van der Waals surface area (Å²) in [6.45, 7) is 5.34. The smallest absolute Gasteiger partial charge is 0.160 e. The van der Waals surface area contributed by atoms with Crippen LogP contribution in [0.2, 0.25) is 0 Å². The molecule has 0 saturated heterocycles. The molecule has 3 nitrogen and oxygen atoms in total. The molecule has 4 rings (SSSR count). The molecule has 0 atom stereocenters. The maximum atomic E-state index is 4.90. The van der Waals surface area contributed by atoms with Gasteiger partial charge in [-0.2, -0.15) is 0 Å². The van der Waals surface area contributed by atoms with Gasteiger partial charge in [0.15, 0.2) is 5.65 Å². The van der Waals surface area contributed by atoms with Crippen LogP contribution in [-0.2, 0) is 6.54 Å². The zero-order valence-corrected chi connectivity index (χ0v) is 13.0. The number of aryl methyl sites for hydroxylation is 2. The second kappa shape index (κ2) is 5.09. The summed E-state index contributed by atoms with van der Waals surface area (Å²) < 4.78 is 2.33. The minimum atomic E-state index is 0.964. The number of rotatable bonds is 3. The van der Waals surface area contributed by atoms with Gasteiger partial charge in [-0.1, -0.05) is 37.1 Å². The molecule has 3 heteroatoms. The average Bonchev–Trinajstić information content (AvgIpc) is 2.83.